The van der Waals surface area contributed by atoms with E-state index in [0.29, 0.717) is 12.2 Å². The number of imidazole rings is 1. The van der Waals surface area contributed by atoms with E-state index in [9.17, 15) is 9.59 Å². The van der Waals surface area contributed by atoms with Gasteiger partial charge >= 0.3 is 5.69 Å². The number of aromatic nitrogens is 4. The molecule has 5 N–H and O–H groups in total. The molecule has 80 valence electrons. The van der Waals surface area contributed by atoms with Gasteiger partial charge < -0.3 is 10.7 Å². The zero-order valence-corrected chi connectivity index (χ0v) is 8.13. The van der Waals surface area contributed by atoms with Gasteiger partial charge in [0.2, 0.25) is 0 Å². The van der Waals surface area contributed by atoms with Crippen LogP contribution in [0, 0.1) is 0 Å². The van der Waals surface area contributed by atoms with Crippen LogP contribution in [-0.2, 0) is 6.42 Å². The van der Waals surface area contributed by atoms with E-state index in [1.54, 1.807) is 0 Å². The van der Waals surface area contributed by atoms with Gasteiger partial charge in [0, 0.05) is 12.5 Å². The fourth-order valence-corrected chi connectivity index (χ4v) is 1.38. The van der Waals surface area contributed by atoms with Gasteiger partial charge in [0.15, 0.2) is 5.65 Å². The van der Waals surface area contributed by atoms with Crippen LogP contribution in [0.25, 0.3) is 11.2 Å². The first-order chi connectivity index (χ1) is 7.06. The molecule has 1 unspecified atom stereocenters. The van der Waals surface area contributed by atoms with Crippen molar-refractivity contribution in [1.29, 1.82) is 0 Å². The molecule has 0 aromatic carbocycles. The Morgan fingerprint density at radius 3 is 2.73 bits per heavy atom. The SMILES string of the molecule is CC(N)Cc1nc2[nH]c(=O)[nH]c(=O)c2[nH]1. The van der Waals surface area contributed by atoms with Crippen LogP contribution in [0.1, 0.15) is 12.7 Å². The Morgan fingerprint density at radius 1 is 1.33 bits per heavy atom. The minimum Gasteiger partial charge on any atom is -0.336 e. The van der Waals surface area contributed by atoms with Crippen LogP contribution in [0.3, 0.4) is 0 Å². The van der Waals surface area contributed by atoms with Crippen molar-refractivity contribution >= 4 is 11.2 Å². The van der Waals surface area contributed by atoms with Crippen molar-refractivity contribution in [2.75, 3.05) is 0 Å². The van der Waals surface area contributed by atoms with E-state index in [1.165, 1.54) is 0 Å². The molecule has 2 heterocycles. The number of rotatable bonds is 2. The van der Waals surface area contributed by atoms with Gasteiger partial charge in [0.05, 0.1) is 0 Å². The Kier molecular flexibility index (Phi) is 2.16. The van der Waals surface area contributed by atoms with E-state index in [0.717, 1.165) is 0 Å². The highest BCUT2D eigenvalue weighted by Gasteiger charge is 2.08. The second kappa shape index (κ2) is 3.35. The van der Waals surface area contributed by atoms with Crippen LogP contribution >= 0.6 is 0 Å². The van der Waals surface area contributed by atoms with Gasteiger partial charge in [0.1, 0.15) is 11.3 Å². The highest BCUT2D eigenvalue weighted by Crippen LogP contribution is 2.02. The number of nitrogens with zero attached hydrogens (tertiary/aromatic N) is 1. The third kappa shape index (κ3) is 1.82. The van der Waals surface area contributed by atoms with Crippen molar-refractivity contribution in [1.82, 2.24) is 19.9 Å². The van der Waals surface area contributed by atoms with E-state index < -0.39 is 11.2 Å². The Morgan fingerprint density at radius 2 is 2.07 bits per heavy atom. The second-order valence-corrected chi connectivity index (χ2v) is 3.50. The number of nitrogens with two attached hydrogens (primary N) is 1. The Bertz CT molecular complexity index is 591. The average Bonchev–Trinajstić information content (AvgIpc) is 2.45. The molecule has 2 aromatic heterocycles. The van der Waals surface area contributed by atoms with Gasteiger partial charge in [-0.1, -0.05) is 0 Å². The first-order valence-corrected chi connectivity index (χ1v) is 4.53. The lowest BCUT2D eigenvalue weighted by molar-refractivity contribution is 0.711. The van der Waals surface area contributed by atoms with Gasteiger partial charge in [0.25, 0.3) is 5.56 Å². The molecule has 0 fully saturated rings. The molecular formula is C8H11N5O2. The minimum atomic E-state index is -0.564. The highest BCUT2D eigenvalue weighted by molar-refractivity contribution is 5.68. The lowest BCUT2D eigenvalue weighted by Gasteiger charge is -1.98. The predicted molar refractivity (Wildman–Crippen MR) is 54.7 cm³/mol. The summed E-state index contributed by atoms with van der Waals surface area (Å²) in [5, 5.41) is 0. The fourth-order valence-electron chi connectivity index (χ4n) is 1.38. The number of aromatic amines is 3. The lowest BCUT2D eigenvalue weighted by atomic mass is 10.2. The normalized spacial score (nSPS) is 13.2. The molecule has 0 aliphatic carbocycles. The second-order valence-electron chi connectivity index (χ2n) is 3.50. The summed E-state index contributed by atoms with van der Waals surface area (Å²) in [6.45, 7) is 1.83. The van der Waals surface area contributed by atoms with E-state index in [1.807, 2.05) is 6.92 Å². The van der Waals surface area contributed by atoms with Crippen molar-refractivity contribution in [3.05, 3.63) is 26.7 Å². The lowest BCUT2D eigenvalue weighted by Crippen LogP contribution is -2.21. The molecule has 0 saturated heterocycles. The number of hydrogen-bond donors (Lipinski definition) is 4. The number of H-pyrrole nitrogens is 3. The van der Waals surface area contributed by atoms with Gasteiger partial charge in [-0.05, 0) is 6.92 Å². The first kappa shape index (κ1) is 9.66. The summed E-state index contributed by atoms with van der Waals surface area (Å²) in [7, 11) is 0. The Balaban J connectivity index is 2.60. The summed E-state index contributed by atoms with van der Waals surface area (Å²) >= 11 is 0. The predicted octanol–water partition coefficient (Wildman–Crippen LogP) is -1.17. The van der Waals surface area contributed by atoms with E-state index in [-0.39, 0.29) is 17.2 Å². The molecule has 1 atom stereocenters. The van der Waals surface area contributed by atoms with Gasteiger partial charge in [-0.25, -0.2) is 9.78 Å². The summed E-state index contributed by atoms with van der Waals surface area (Å²) in [4.78, 5) is 33.7. The fraction of sp³-hybridized carbons (Fsp3) is 0.375. The van der Waals surface area contributed by atoms with Crippen LogP contribution in [0.2, 0.25) is 0 Å². The van der Waals surface area contributed by atoms with Crippen molar-refractivity contribution in [3.8, 4) is 0 Å². The van der Waals surface area contributed by atoms with E-state index in [2.05, 4.69) is 19.9 Å². The Hall–Kier alpha value is -1.89. The standard InChI is InChI=1S/C8H11N5O2/c1-3(9)2-4-10-5-6(11-4)12-8(15)13-7(5)14/h3H,2,9H2,1H3,(H3,10,11,12,13,14,15). The van der Waals surface area contributed by atoms with E-state index >= 15 is 0 Å². The van der Waals surface area contributed by atoms with E-state index in [4.69, 9.17) is 5.73 Å². The molecule has 0 bridgehead atoms. The summed E-state index contributed by atoms with van der Waals surface area (Å²) in [6, 6.07) is -0.0589. The zero-order valence-electron chi connectivity index (χ0n) is 8.13. The third-order valence-corrected chi connectivity index (χ3v) is 1.95. The molecule has 0 aliphatic heterocycles. The number of nitrogens with one attached hydrogen (secondary N) is 3. The maximum Gasteiger partial charge on any atom is 0.327 e. The van der Waals surface area contributed by atoms with Gasteiger partial charge in [-0.15, -0.1) is 0 Å². The highest BCUT2D eigenvalue weighted by atomic mass is 16.2. The Labute approximate surface area is 83.7 Å². The number of fused-ring (bicyclic) bond motifs is 1. The van der Waals surface area contributed by atoms with Gasteiger partial charge in [-0.2, -0.15) is 0 Å². The first-order valence-electron chi connectivity index (χ1n) is 4.53. The van der Waals surface area contributed by atoms with Crippen LogP contribution in [0.4, 0.5) is 0 Å². The van der Waals surface area contributed by atoms with Crippen LogP contribution in [0.5, 0.6) is 0 Å². The summed E-state index contributed by atoms with van der Waals surface area (Å²) in [5.41, 5.74) is 5.09. The summed E-state index contributed by atoms with van der Waals surface area (Å²) in [6.07, 6.45) is 0.524. The molecule has 0 saturated carbocycles. The molecule has 7 nitrogen and oxygen atoms in total. The smallest absolute Gasteiger partial charge is 0.327 e. The topological polar surface area (TPSA) is 120 Å². The molecule has 0 amide bonds. The molecule has 15 heavy (non-hydrogen) atoms. The zero-order chi connectivity index (χ0) is 11.0. The molecule has 0 aliphatic rings. The third-order valence-electron chi connectivity index (χ3n) is 1.95. The van der Waals surface area contributed by atoms with Crippen LogP contribution in [0.15, 0.2) is 9.59 Å². The van der Waals surface area contributed by atoms with Crippen molar-refractivity contribution in [2.24, 2.45) is 5.73 Å². The average molecular weight is 209 g/mol. The molecule has 0 spiro atoms. The minimum absolute atomic E-state index is 0.0589. The van der Waals surface area contributed by atoms with Crippen LogP contribution < -0.4 is 17.0 Å². The molecule has 0 radical (unpaired) electrons. The van der Waals surface area contributed by atoms with Crippen molar-refractivity contribution in [3.63, 3.8) is 0 Å². The summed E-state index contributed by atoms with van der Waals surface area (Å²) in [5.74, 6) is 0.590. The largest absolute Gasteiger partial charge is 0.336 e. The molecule has 7 heteroatoms. The van der Waals surface area contributed by atoms with Crippen LogP contribution in [-0.4, -0.2) is 26.0 Å². The molecule has 2 rings (SSSR count). The maximum atomic E-state index is 11.3. The monoisotopic (exact) mass is 209 g/mol. The van der Waals surface area contributed by atoms with Crippen molar-refractivity contribution < 1.29 is 0 Å². The van der Waals surface area contributed by atoms with Crippen molar-refractivity contribution in [2.45, 2.75) is 19.4 Å². The molecule has 2 aromatic rings. The van der Waals surface area contributed by atoms with Gasteiger partial charge in [-0.3, -0.25) is 14.8 Å². The maximum absolute atomic E-state index is 11.3. The summed E-state index contributed by atoms with van der Waals surface area (Å²) < 4.78 is 0. The quantitative estimate of drug-likeness (QED) is 0.498. The molecular weight excluding hydrogens is 198 g/mol. The number of hydrogen-bond acceptors (Lipinski definition) is 4.